The maximum absolute atomic E-state index is 12.9. The molecule has 0 bridgehead atoms. The van der Waals surface area contributed by atoms with Crippen molar-refractivity contribution >= 4 is 35.2 Å². The van der Waals surface area contributed by atoms with Crippen molar-refractivity contribution in [3.8, 4) is 0 Å². The number of nitrogen functional groups attached to an aromatic ring is 1. The SMILES string of the molecule is C=CC(=O)N1CCC[C@@H](N(C)/N=C(/c2ccc(C(=O)Nc3ccccn3)cc2C)c2cc(C=C)cnc2N)C1. The largest absolute Gasteiger partial charge is 0.383 e. The molecule has 0 aliphatic carbocycles. The molecule has 4 rings (SSSR count). The summed E-state index contributed by atoms with van der Waals surface area (Å²) in [5, 5.41) is 9.72. The number of nitrogens with one attached hydrogen (secondary N) is 1. The van der Waals surface area contributed by atoms with Gasteiger partial charge in [0.05, 0.1) is 6.04 Å². The molecule has 0 radical (unpaired) electrons. The number of aromatic nitrogens is 2. The number of pyridine rings is 2. The third-order valence-corrected chi connectivity index (χ3v) is 6.75. The van der Waals surface area contributed by atoms with Gasteiger partial charge in [0.1, 0.15) is 17.3 Å². The molecule has 0 spiro atoms. The number of anilines is 2. The monoisotopic (exact) mass is 523 g/mol. The number of hydrogen-bond donors (Lipinski definition) is 2. The van der Waals surface area contributed by atoms with E-state index in [-0.39, 0.29) is 17.9 Å². The first-order valence-corrected chi connectivity index (χ1v) is 12.7. The van der Waals surface area contributed by atoms with Gasteiger partial charge in [-0.3, -0.25) is 14.6 Å². The fourth-order valence-corrected chi connectivity index (χ4v) is 4.57. The lowest BCUT2D eigenvalue weighted by Gasteiger charge is -2.36. The number of rotatable bonds is 8. The van der Waals surface area contributed by atoms with E-state index < -0.39 is 0 Å². The maximum Gasteiger partial charge on any atom is 0.256 e. The molecule has 3 aromatic rings. The van der Waals surface area contributed by atoms with Crippen LogP contribution in [0, 0.1) is 6.92 Å². The minimum absolute atomic E-state index is 0.0122. The Morgan fingerprint density at radius 2 is 2.00 bits per heavy atom. The van der Waals surface area contributed by atoms with Crippen LogP contribution in [0.5, 0.6) is 0 Å². The van der Waals surface area contributed by atoms with Crippen LogP contribution in [0.2, 0.25) is 0 Å². The van der Waals surface area contributed by atoms with Gasteiger partial charge in [-0.15, -0.1) is 0 Å². The Labute approximate surface area is 228 Å². The minimum atomic E-state index is -0.261. The molecule has 1 fully saturated rings. The number of likely N-dealkylation sites (N-methyl/N-ethyl adjacent to an activating group) is 1. The molecule has 9 heteroatoms. The Bertz CT molecular complexity index is 1420. The lowest BCUT2D eigenvalue weighted by atomic mass is 9.95. The predicted octanol–water partition coefficient (Wildman–Crippen LogP) is 4.12. The van der Waals surface area contributed by atoms with Crippen molar-refractivity contribution in [2.24, 2.45) is 5.10 Å². The number of aryl methyl sites for hydroxylation is 1. The number of piperidine rings is 1. The van der Waals surface area contributed by atoms with Crippen molar-refractivity contribution in [2.75, 3.05) is 31.2 Å². The van der Waals surface area contributed by atoms with E-state index in [1.807, 2.05) is 43.2 Å². The van der Waals surface area contributed by atoms with Crippen LogP contribution >= 0.6 is 0 Å². The van der Waals surface area contributed by atoms with Gasteiger partial charge in [-0.25, -0.2) is 9.97 Å². The fourth-order valence-electron chi connectivity index (χ4n) is 4.57. The summed E-state index contributed by atoms with van der Waals surface area (Å²) < 4.78 is 0. The molecule has 1 aliphatic heterocycles. The van der Waals surface area contributed by atoms with Crippen molar-refractivity contribution in [2.45, 2.75) is 25.8 Å². The average molecular weight is 524 g/mol. The van der Waals surface area contributed by atoms with Crippen molar-refractivity contribution in [1.82, 2.24) is 19.9 Å². The molecule has 0 saturated carbocycles. The summed E-state index contributed by atoms with van der Waals surface area (Å²) in [6.07, 6.45) is 8.09. The van der Waals surface area contributed by atoms with Gasteiger partial charge in [0, 0.05) is 49.2 Å². The third kappa shape index (κ3) is 6.38. The van der Waals surface area contributed by atoms with Crippen molar-refractivity contribution in [3.05, 3.63) is 102 Å². The second-order valence-corrected chi connectivity index (χ2v) is 9.41. The van der Waals surface area contributed by atoms with E-state index in [4.69, 9.17) is 10.8 Å². The zero-order valence-corrected chi connectivity index (χ0v) is 22.3. The Kier molecular flexibility index (Phi) is 8.50. The molecule has 2 amide bonds. The zero-order valence-electron chi connectivity index (χ0n) is 22.3. The molecule has 3 heterocycles. The summed E-state index contributed by atoms with van der Waals surface area (Å²) in [7, 11) is 1.90. The van der Waals surface area contributed by atoms with Gasteiger partial charge >= 0.3 is 0 Å². The van der Waals surface area contributed by atoms with Gasteiger partial charge in [-0.05, 0) is 67.3 Å². The van der Waals surface area contributed by atoms with E-state index in [0.29, 0.717) is 41.6 Å². The predicted molar refractivity (Wildman–Crippen MR) is 155 cm³/mol. The first-order valence-electron chi connectivity index (χ1n) is 12.7. The van der Waals surface area contributed by atoms with E-state index in [1.165, 1.54) is 6.08 Å². The molecule has 0 unspecified atom stereocenters. The highest BCUT2D eigenvalue weighted by Gasteiger charge is 2.26. The number of nitrogens with two attached hydrogens (primary N) is 1. The highest BCUT2D eigenvalue weighted by Crippen LogP contribution is 2.24. The van der Waals surface area contributed by atoms with Gasteiger partial charge in [0.2, 0.25) is 5.91 Å². The standard InChI is InChI=1S/C30H33N7O2/c1-5-21-17-25(29(31)33-18-21)28(35-36(4)23-10-9-15-37(19-23)27(38)6-2)24-13-12-22(16-20(24)3)30(39)34-26-11-7-8-14-32-26/h5-8,11-14,16-18,23H,1-2,9-10,15,19H2,3-4H3,(H2,31,33)(H,32,34,39)/b35-28-/t23-/m1/s1. The first-order chi connectivity index (χ1) is 18.8. The quantitative estimate of drug-likeness (QED) is 0.261. The van der Waals surface area contributed by atoms with E-state index in [1.54, 1.807) is 41.6 Å². The second kappa shape index (κ2) is 12.2. The van der Waals surface area contributed by atoms with Crippen LogP contribution in [0.4, 0.5) is 11.6 Å². The normalized spacial score (nSPS) is 15.4. The lowest BCUT2D eigenvalue weighted by Crippen LogP contribution is -2.47. The van der Waals surface area contributed by atoms with Crippen LogP contribution in [0.3, 0.4) is 0 Å². The van der Waals surface area contributed by atoms with E-state index in [2.05, 4.69) is 28.4 Å². The van der Waals surface area contributed by atoms with Gasteiger partial charge in [-0.1, -0.05) is 31.4 Å². The third-order valence-electron chi connectivity index (χ3n) is 6.75. The Morgan fingerprint density at radius 3 is 2.69 bits per heavy atom. The molecular weight excluding hydrogens is 490 g/mol. The number of hydrogen-bond acceptors (Lipinski definition) is 7. The zero-order chi connectivity index (χ0) is 27.9. The van der Waals surface area contributed by atoms with Gasteiger partial charge in [0.25, 0.3) is 5.91 Å². The average Bonchev–Trinajstić information content (AvgIpc) is 2.96. The summed E-state index contributed by atoms with van der Waals surface area (Å²) >= 11 is 0. The second-order valence-electron chi connectivity index (χ2n) is 9.41. The number of nitrogens with zero attached hydrogens (tertiary/aromatic N) is 5. The molecule has 9 nitrogen and oxygen atoms in total. The molecule has 200 valence electrons. The summed E-state index contributed by atoms with van der Waals surface area (Å²) in [6, 6.07) is 12.7. The Morgan fingerprint density at radius 1 is 1.18 bits per heavy atom. The molecule has 1 aromatic carbocycles. The van der Waals surface area contributed by atoms with Crippen LogP contribution in [0.15, 0.2) is 79.2 Å². The number of amides is 2. The van der Waals surface area contributed by atoms with E-state index >= 15 is 0 Å². The smallest absolute Gasteiger partial charge is 0.256 e. The number of carbonyl (C=O) groups excluding carboxylic acids is 2. The lowest BCUT2D eigenvalue weighted by molar-refractivity contribution is -0.128. The number of hydrazone groups is 1. The summed E-state index contributed by atoms with van der Waals surface area (Å²) in [5.41, 5.74) is 10.6. The molecule has 2 aromatic heterocycles. The molecule has 1 aliphatic rings. The number of likely N-dealkylation sites (tertiary alicyclic amines) is 1. The van der Waals surface area contributed by atoms with E-state index in [9.17, 15) is 9.59 Å². The van der Waals surface area contributed by atoms with Crippen molar-refractivity contribution < 1.29 is 9.59 Å². The van der Waals surface area contributed by atoms with Crippen molar-refractivity contribution in [1.29, 1.82) is 0 Å². The highest BCUT2D eigenvalue weighted by molar-refractivity contribution is 6.16. The summed E-state index contributed by atoms with van der Waals surface area (Å²) in [4.78, 5) is 35.4. The number of carbonyl (C=O) groups is 2. The minimum Gasteiger partial charge on any atom is -0.383 e. The highest BCUT2D eigenvalue weighted by atomic mass is 16.2. The van der Waals surface area contributed by atoms with Crippen LogP contribution in [0.25, 0.3) is 6.08 Å². The fraction of sp³-hybridized carbons (Fsp3) is 0.233. The Balaban J connectivity index is 1.71. The van der Waals surface area contributed by atoms with Crippen molar-refractivity contribution in [3.63, 3.8) is 0 Å². The summed E-state index contributed by atoms with van der Waals surface area (Å²) in [5.74, 6) is 0.462. The molecule has 1 atom stereocenters. The van der Waals surface area contributed by atoms with Gasteiger partial charge in [-0.2, -0.15) is 5.10 Å². The van der Waals surface area contributed by atoms with Crippen LogP contribution in [0.1, 0.15) is 45.5 Å². The Hall–Kier alpha value is -4.79. The molecule has 3 N–H and O–H groups in total. The van der Waals surface area contributed by atoms with Crippen LogP contribution in [-0.4, -0.2) is 63.6 Å². The molecular formula is C30H33N7O2. The number of benzene rings is 1. The first kappa shape index (κ1) is 27.3. The topological polar surface area (TPSA) is 117 Å². The molecule has 1 saturated heterocycles. The molecule has 39 heavy (non-hydrogen) atoms. The summed E-state index contributed by atoms with van der Waals surface area (Å²) in [6.45, 7) is 10.6. The maximum atomic E-state index is 12.9. The van der Waals surface area contributed by atoms with Gasteiger partial charge in [0.15, 0.2) is 0 Å². The van der Waals surface area contributed by atoms with Crippen LogP contribution < -0.4 is 11.1 Å². The van der Waals surface area contributed by atoms with E-state index in [0.717, 1.165) is 29.5 Å². The van der Waals surface area contributed by atoms with Gasteiger partial charge < -0.3 is 16.0 Å². The van der Waals surface area contributed by atoms with Crippen LogP contribution in [-0.2, 0) is 4.79 Å².